The van der Waals surface area contributed by atoms with E-state index in [1.807, 2.05) is 24.3 Å². The van der Waals surface area contributed by atoms with Crippen LogP contribution in [0.3, 0.4) is 0 Å². The Balaban J connectivity index is 1.80. The third-order valence-electron chi connectivity index (χ3n) is 2.87. The van der Waals surface area contributed by atoms with Gasteiger partial charge in [-0.05, 0) is 29.6 Å². The van der Waals surface area contributed by atoms with Gasteiger partial charge in [0.1, 0.15) is 6.54 Å². The molecule has 0 radical (unpaired) electrons. The van der Waals surface area contributed by atoms with Crippen molar-refractivity contribution in [2.24, 2.45) is 11.6 Å². The number of nitrogens with two attached hydrogens (primary N) is 2. The predicted molar refractivity (Wildman–Crippen MR) is 96.7 cm³/mol. The summed E-state index contributed by atoms with van der Waals surface area (Å²) in [6.07, 6.45) is 1.44. The molecule has 7 N–H and O–H groups in total. The number of hydrogen-bond donors (Lipinski definition) is 5. The fraction of sp³-hybridized carbons (Fsp3) is 0.133. The Kier molecular flexibility index (Phi) is 7.09. The van der Waals surface area contributed by atoms with E-state index in [-0.39, 0.29) is 6.54 Å². The monoisotopic (exact) mass is 365 g/mol. The third kappa shape index (κ3) is 5.87. The molecular weight excluding hydrogens is 346 g/mol. The predicted octanol–water partition coefficient (Wildman–Crippen LogP) is 1.49. The van der Waals surface area contributed by atoms with Gasteiger partial charge >= 0.3 is 0 Å². The van der Waals surface area contributed by atoms with Crippen molar-refractivity contribution < 1.29 is 10.0 Å². The maximum absolute atomic E-state index is 11.0. The second kappa shape index (κ2) is 9.30. The zero-order valence-electron chi connectivity index (χ0n) is 12.8. The summed E-state index contributed by atoms with van der Waals surface area (Å²) >= 11 is 3.17. The van der Waals surface area contributed by atoms with Crippen LogP contribution in [0.1, 0.15) is 0 Å². The third-order valence-corrected chi connectivity index (χ3v) is 4.93. The molecular formula is C15H19N5O2S2. The lowest BCUT2D eigenvalue weighted by atomic mass is 10.2. The molecule has 0 aliphatic heterocycles. The molecule has 0 unspecified atom stereocenters. The first-order chi connectivity index (χ1) is 11.6. The molecule has 0 bridgehead atoms. The number of nitrogens with zero attached hydrogens (tertiary/aromatic N) is 1. The number of carbonyl (C=O) groups is 1. The molecule has 0 spiro atoms. The fourth-order valence-electron chi connectivity index (χ4n) is 1.83. The molecule has 0 saturated heterocycles. The first-order valence-corrected chi connectivity index (χ1v) is 8.67. The van der Waals surface area contributed by atoms with Gasteiger partial charge in [0, 0.05) is 23.3 Å². The Morgan fingerprint density at radius 1 is 1.29 bits per heavy atom. The van der Waals surface area contributed by atoms with E-state index in [2.05, 4.69) is 22.9 Å². The summed E-state index contributed by atoms with van der Waals surface area (Å²) in [7, 11) is 0. The quantitative estimate of drug-likeness (QED) is 0.208. The number of hydrazine groups is 1. The summed E-state index contributed by atoms with van der Waals surface area (Å²) in [6, 6.07) is 14.3. The Morgan fingerprint density at radius 3 is 2.75 bits per heavy atom. The number of carbonyl (C=O) groups excluding carboxylic acids is 1. The molecule has 0 aliphatic rings. The van der Waals surface area contributed by atoms with Gasteiger partial charge in [-0.1, -0.05) is 30.3 Å². The van der Waals surface area contributed by atoms with Crippen LogP contribution in [0.2, 0.25) is 0 Å². The van der Waals surface area contributed by atoms with Crippen LogP contribution in [-0.4, -0.2) is 29.2 Å². The topological polar surface area (TPSA) is 117 Å². The van der Waals surface area contributed by atoms with E-state index in [0.717, 1.165) is 9.22 Å². The minimum Gasteiger partial charge on any atom is -0.400 e. The van der Waals surface area contributed by atoms with E-state index in [0.29, 0.717) is 12.2 Å². The van der Waals surface area contributed by atoms with Gasteiger partial charge in [0.2, 0.25) is 0 Å². The molecule has 0 atom stereocenters. The molecule has 24 heavy (non-hydrogen) atoms. The van der Waals surface area contributed by atoms with E-state index < -0.39 is 5.91 Å². The maximum Gasteiger partial charge on any atom is 0.264 e. The minimum absolute atomic E-state index is 0.185. The smallest absolute Gasteiger partial charge is 0.264 e. The van der Waals surface area contributed by atoms with Crippen molar-refractivity contribution in [2.45, 2.75) is 4.21 Å². The highest BCUT2D eigenvalue weighted by atomic mass is 32.2. The molecule has 2 aromatic rings. The molecule has 0 aliphatic carbocycles. The number of amides is 1. The van der Waals surface area contributed by atoms with Crippen LogP contribution in [0.15, 0.2) is 58.6 Å². The fourth-order valence-corrected chi connectivity index (χ4v) is 3.70. The summed E-state index contributed by atoms with van der Waals surface area (Å²) in [6.45, 7) is 0.216. The number of hydroxylamine groups is 1. The normalized spacial score (nSPS) is 11.3. The lowest BCUT2D eigenvalue weighted by Gasteiger charge is -2.13. The summed E-state index contributed by atoms with van der Waals surface area (Å²) in [5, 5.41) is 9.52. The summed E-state index contributed by atoms with van der Waals surface area (Å²) in [4.78, 5) is 12.2. The Hall–Kier alpha value is -2.04. The van der Waals surface area contributed by atoms with Crippen molar-refractivity contribution in [1.82, 2.24) is 15.2 Å². The molecule has 128 valence electrons. The molecule has 7 nitrogen and oxygen atoms in total. The Labute approximate surface area is 148 Å². The van der Waals surface area contributed by atoms with Gasteiger partial charge in [-0.15, -0.1) is 11.3 Å². The zero-order chi connectivity index (χ0) is 17.4. The van der Waals surface area contributed by atoms with Gasteiger partial charge in [0.25, 0.3) is 5.91 Å². The van der Waals surface area contributed by atoms with Crippen LogP contribution in [0, 0.1) is 0 Å². The van der Waals surface area contributed by atoms with Crippen LogP contribution < -0.4 is 21.8 Å². The van der Waals surface area contributed by atoms with Crippen LogP contribution in [0.5, 0.6) is 0 Å². The van der Waals surface area contributed by atoms with Gasteiger partial charge in [-0.25, -0.2) is 11.3 Å². The van der Waals surface area contributed by atoms with E-state index in [1.54, 1.807) is 11.3 Å². The van der Waals surface area contributed by atoms with Gasteiger partial charge in [-0.2, -0.15) is 0 Å². The Bertz CT molecular complexity index is 690. The number of nitrogens with one attached hydrogen (secondary N) is 2. The standard InChI is InChI=1S/C15H19N5O2S2/c16-12(9-20(17)10-14(21)19-22)8-18-24-15-7-6-13(23-15)11-4-2-1-3-5-11/h1-7,9,18,22H,8,10,16-17H2,(H,19,21)/b12-9-. The molecule has 9 heteroatoms. The van der Waals surface area contributed by atoms with Gasteiger partial charge in [0.05, 0.1) is 4.21 Å². The molecule has 1 aromatic heterocycles. The second-order valence-electron chi connectivity index (χ2n) is 4.82. The van der Waals surface area contributed by atoms with Gasteiger partial charge in [-0.3, -0.25) is 14.7 Å². The molecule has 1 amide bonds. The second-order valence-corrected chi connectivity index (χ2v) is 7.09. The van der Waals surface area contributed by atoms with Crippen molar-refractivity contribution >= 4 is 29.2 Å². The van der Waals surface area contributed by atoms with Crippen LogP contribution in [0.4, 0.5) is 0 Å². The number of thiophene rings is 1. The van der Waals surface area contributed by atoms with E-state index in [9.17, 15) is 4.79 Å². The van der Waals surface area contributed by atoms with Gasteiger partial charge < -0.3 is 10.7 Å². The average Bonchev–Trinajstić information content (AvgIpc) is 3.04. The highest BCUT2D eigenvalue weighted by molar-refractivity contribution is 7.99. The first kappa shape index (κ1) is 18.3. The number of benzene rings is 1. The number of hydrogen-bond acceptors (Lipinski definition) is 8. The first-order valence-electron chi connectivity index (χ1n) is 7.04. The maximum atomic E-state index is 11.0. The van der Waals surface area contributed by atoms with Crippen LogP contribution in [0.25, 0.3) is 10.4 Å². The minimum atomic E-state index is -0.615. The molecule has 2 rings (SSSR count). The lowest BCUT2D eigenvalue weighted by molar-refractivity contribution is -0.129. The van der Waals surface area contributed by atoms with E-state index >= 15 is 0 Å². The van der Waals surface area contributed by atoms with Crippen LogP contribution >= 0.6 is 23.3 Å². The molecule has 1 aromatic carbocycles. The van der Waals surface area contributed by atoms with Crippen molar-refractivity contribution in [3.8, 4) is 10.4 Å². The lowest BCUT2D eigenvalue weighted by Crippen LogP contribution is -2.37. The molecule has 1 heterocycles. The summed E-state index contributed by atoms with van der Waals surface area (Å²) in [5.41, 5.74) is 8.98. The Morgan fingerprint density at radius 2 is 2.04 bits per heavy atom. The van der Waals surface area contributed by atoms with E-state index in [1.165, 1.54) is 34.1 Å². The largest absolute Gasteiger partial charge is 0.400 e. The average molecular weight is 365 g/mol. The van der Waals surface area contributed by atoms with Crippen molar-refractivity contribution in [3.63, 3.8) is 0 Å². The molecule has 0 saturated carbocycles. The van der Waals surface area contributed by atoms with E-state index in [4.69, 9.17) is 16.8 Å². The zero-order valence-corrected chi connectivity index (χ0v) is 14.4. The van der Waals surface area contributed by atoms with Crippen LogP contribution in [-0.2, 0) is 4.79 Å². The molecule has 0 fully saturated rings. The van der Waals surface area contributed by atoms with Crippen molar-refractivity contribution in [3.05, 3.63) is 54.4 Å². The summed E-state index contributed by atoms with van der Waals surface area (Å²) in [5.74, 6) is 4.96. The highest BCUT2D eigenvalue weighted by Gasteiger charge is 2.05. The van der Waals surface area contributed by atoms with Gasteiger partial charge in [0.15, 0.2) is 0 Å². The number of rotatable bonds is 8. The highest BCUT2D eigenvalue weighted by Crippen LogP contribution is 2.32. The summed E-state index contributed by atoms with van der Waals surface area (Å²) < 4.78 is 4.26. The van der Waals surface area contributed by atoms with Crippen molar-refractivity contribution in [1.29, 1.82) is 0 Å². The SMILES string of the molecule is N/C(=C\N(N)CC(=O)NO)CNSc1ccc(-c2ccccc2)s1. The van der Waals surface area contributed by atoms with Crippen molar-refractivity contribution in [2.75, 3.05) is 13.1 Å².